The second-order valence-corrected chi connectivity index (χ2v) is 5.91. The molecule has 4 rings (SSSR count). The van der Waals surface area contributed by atoms with Crippen molar-refractivity contribution in [2.24, 2.45) is 0 Å². The molecule has 0 aliphatic heterocycles. The van der Waals surface area contributed by atoms with E-state index in [1.807, 2.05) is 30.3 Å². The number of nitrogens with one attached hydrogen (secondary N) is 2. The van der Waals surface area contributed by atoms with Gasteiger partial charge in [0.2, 0.25) is 0 Å². The Morgan fingerprint density at radius 1 is 1.15 bits per heavy atom. The first-order valence-electron chi connectivity index (χ1n) is 8.22. The summed E-state index contributed by atoms with van der Waals surface area (Å²) in [6.07, 6.45) is 3.28. The molecule has 0 saturated heterocycles. The summed E-state index contributed by atoms with van der Waals surface area (Å²) in [4.78, 5) is 23.3. The topological polar surface area (TPSA) is 100 Å². The molecule has 2 heterocycles. The fourth-order valence-electron chi connectivity index (χ4n) is 2.83. The van der Waals surface area contributed by atoms with Crippen LogP contribution < -0.4 is 10.1 Å². The van der Waals surface area contributed by atoms with E-state index >= 15 is 0 Å². The first-order valence-corrected chi connectivity index (χ1v) is 8.22. The minimum atomic E-state index is -1.01. The molecule has 0 saturated carbocycles. The predicted molar refractivity (Wildman–Crippen MR) is 103 cm³/mol. The first kappa shape index (κ1) is 16.6. The molecule has 0 unspecified atom stereocenters. The summed E-state index contributed by atoms with van der Waals surface area (Å²) in [5, 5.41) is 13.3. The molecule has 0 spiro atoms. The summed E-state index contributed by atoms with van der Waals surface area (Å²) in [7, 11) is 1.48. The van der Waals surface area contributed by atoms with Gasteiger partial charge in [-0.2, -0.15) is 0 Å². The van der Waals surface area contributed by atoms with E-state index < -0.39 is 5.97 Å². The zero-order valence-corrected chi connectivity index (χ0v) is 14.4. The average Bonchev–Trinajstić information content (AvgIpc) is 3.12. The maximum absolute atomic E-state index is 11.1. The number of H-pyrrole nitrogens is 1. The van der Waals surface area contributed by atoms with Crippen LogP contribution in [0.15, 0.2) is 60.9 Å². The van der Waals surface area contributed by atoms with Gasteiger partial charge >= 0.3 is 5.97 Å². The Morgan fingerprint density at radius 3 is 2.78 bits per heavy atom. The molecule has 27 heavy (non-hydrogen) atoms. The van der Waals surface area contributed by atoms with Crippen molar-refractivity contribution in [3.05, 3.63) is 66.5 Å². The van der Waals surface area contributed by atoms with Crippen molar-refractivity contribution in [3.8, 4) is 17.1 Å². The minimum absolute atomic E-state index is 0.148. The number of ether oxygens (including phenoxy) is 1. The molecular formula is C20H16N4O3. The molecule has 0 amide bonds. The normalized spacial score (nSPS) is 10.7. The molecular weight excluding hydrogens is 344 g/mol. The van der Waals surface area contributed by atoms with E-state index in [1.54, 1.807) is 18.5 Å². The second kappa shape index (κ2) is 6.80. The number of nitrogens with zero attached hydrogens (tertiary/aromatic N) is 2. The zero-order chi connectivity index (χ0) is 18.8. The van der Waals surface area contributed by atoms with Gasteiger partial charge in [-0.25, -0.2) is 9.78 Å². The standard InChI is InChI=1S/C20H16N4O3/c1-27-18-9-13(20(25)26)6-7-15(18)23-19-11-21-10-17(24-19)16-8-12-4-2-3-5-14(12)22-16/h2-11,22H,1H3,(H,23,24)(H,25,26). The van der Waals surface area contributed by atoms with E-state index in [0.29, 0.717) is 22.9 Å². The van der Waals surface area contributed by atoms with E-state index in [0.717, 1.165) is 16.6 Å². The van der Waals surface area contributed by atoms with E-state index in [1.165, 1.54) is 19.2 Å². The highest BCUT2D eigenvalue weighted by Gasteiger charge is 2.11. The SMILES string of the molecule is COc1cc(C(=O)O)ccc1Nc1cncc(-c2cc3ccccc3[nH]2)n1. The number of carbonyl (C=O) groups is 1. The van der Waals surface area contributed by atoms with E-state index in [2.05, 4.69) is 20.3 Å². The highest BCUT2D eigenvalue weighted by atomic mass is 16.5. The van der Waals surface area contributed by atoms with Gasteiger partial charge in [-0.1, -0.05) is 18.2 Å². The molecule has 0 atom stereocenters. The Balaban J connectivity index is 1.66. The summed E-state index contributed by atoms with van der Waals surface area (Å²) in [5.41, 5.74) is 3.33. The second-order valence-electron chi connectivity index (χ2n) is 5.91. The van der Waals surface area contributed by atoms with Gasteiger partial charge in [0, 0.05) is 10.9 Å². The molecule has 134 valence electrons. The third-order valence-corrected chi connectivity index (χ3v) is 4.15. The number of benzene rings is 2. The van der Waals surface area contributed by atoms with Crippen LogP contribution in [0, 0.1) is 0 Å². The number of aromatic carboxylic acids is 1. The molecule has 0 radical (unpaired) electrons. The number of methoxy groups -OCH3 is 1. The summed E-state index contributed by atoms with van der Waals surface area (Å²) in [5.74, 6) is -0.0827. The lowest BCUT2D eigenvalue weighted by atomic mass is 10.2. The van der Waals surface area contributed by atoms with Gasteiger partial charge in [-0.3, -0.25) is 4.98 Å². The van der Waals surface area contributed by atoms with Gasteiger partial charge in [0.15, 0.2) is 0 Å². The van der Waals surface area contributed by atoms with Crippen molar-refractivity contribution in [2.45, 2.75) is 0 Å². The Labute approximate surface area is 154 Å². The average molecular weight is 360 g/mol. The molecule has 0 bridgehead atoms. The van der Waals surface area contributed by atoms with Gasteiger partial charge < -0.3 is 20.1 Å². The first-order chi connectivity index (χ1) is 13.1. The van der Waals surface area contributed by atoms with E-state index in [-0.39, 0.29) is 5.56 Å². The molecule has 0 aliphatic carbocycles. The van der Waals surface area contributed by atoms with Crippen LogP contribution in [0.5, 0.6) is 5.75 Å². The number of carboxylic acid groups (broad SMARTS) is 1. The maximum Gasteiger partial charge on any atom is 0.335 e. The van der Waals surface area contributed by atoms with Crippen LogP contribution in [0.1, 0.15) is 10.4 Å². The third-order valence-electron chi connectivity index (χ3n) is 4.15. The fourth-order valence-corrected chi connectivity index (χ4v) is 2.83. The Bertz CT molecular complexity index is 1100. The van der Waals surface area contributed by atoms with Crippen LogP contribution in [0.2, 0.25) is 0 Å². The molecule has 7 nitrogen and oxygen atoms in total. The molecule has 7 heteroatoms. The number of aromatic amines is 1. The Morgan fingerprint density at radius 2 is 2.00 bits per heavy atom. The van der Waals surface area contributed by atoms with E-state index in [9.17, 15) is 4.79 Å². The summed E-state index contributed by atoms with van der Waals surface area (Å²) < 4.78 is 5.28. The molecule has 4 aromatic rings. The smallest absolute Gasteiger partial charge is 0.335 e. The van der Waals surface area contributed by atoms with Crippen LogP contribution >= 0.6 is 0 Å². The summed E-state index contributed by atoms with van der Waals surface area (Å²) in [6.45, 7) is 0. The van der Waals surface area contributed by atoms with Crippen LogP contribution in [-0.4, -0.2) is 33.1 Å². The Hall–Kier alpha value is -3.87. The number of fused-ring (bicyclic) bond motifs is 1. The van der Waals surface area contributed by atoms with Crippen molar-refractivity contribution in [1.82, 2.24) is 15.0 Å². The highest BCUT2D eigenvalue weighted by Crippen LogP contribution is 2.29. The van der Waals surface area contributed by atoms with Gasteiger partial charge in [0.25, 0.3) is 0 Å². The number of anilines is 2. The van der Waals surface area contributed by atoms with E-state index in [4.69, 9.17) is 9.84 Å². The van der Waals surface area contributed by atoms with Gasteiger partial charge in [0.1, 0.15) is 17.3 Å². The van der Waals surface area contributed by atoms with Crippen LogP contribution in [0.4, 0.5) is 11.5 Å². The zero-order valence-electron chi connectivity index (χ0n) is 14.4. The lowest BCUT2D eigenvalue weighted by molar-refractivity contribution is 0.0696. The lowest BCUT2D eigenvalue weighted by Crippen LogP contribution is -2.01. The molecule has 2 aromatic carbocycles. The van der Waals surface area contributed by atoms with Crippen LogP contribution in [0.25, 0.3) is 22.3 Å². The van der Waals surface area contributed by atoms with Gasteiger partial charge in [-0.15, -0.1) is 0 Å². The fraction of sp³-hybridized carbons (Fsp3) is 0.0500. The summed E-state index contributed by atoms with van der Waals surface area (Å²) in [6, 6.07) is 14.6. The number of hydrogen-bond acceptors (Lipinski definition) is 5. The number of rotatable bonds is 5. The van der Waals surface area contributed by atoms with Crippen molar-refractivity contribution in [1.29, 1.82) is 0 Å². The number of para-hydroxylation sites is 1. The largest absolute Gasteiger partial charge is 0.495 e. The van der Waals surface area contributed by atoms with Crippen molar-refractivity contribution >= 4 is 28.4 Å². The summed E-state index contributed by atoms with van der Waals surface area (Å²) >= 11 is 0. The monoisotopic (exact) mass is 360 g/mol. The predicted octanol–water partition coefficient (Wildman–Crippen LogP) is 4.08. The van der Waals surface area contributed by atoms with Gasteiger partial charge in [0.05, 0.1) is 36.4 Å². The maximum atomic E-state index is 11.1. The van der Waals surface area contributed by atoms with Crippen molar-refractivity contribution < 1.29 is 14.6 Å². The lowest BCUT2D eigenvalue weighted by Gasteiger charge is -2.11. The quantitative estimate of drug-likeness (QED) is 0.496. The molecule has 3 N–H and O–H groups in total. The molecule has 2 aromatic heterocycles. The van der Waals surface area contributed by atoms with Crippen molar-refractivity contribution in [2.75, 3.05) is 12.4 Å². The third kappa shape index (κ3) is 3.30. The van der Waals surface area contributed by atoms with Crippen LogP contribution in [-0.2, 0) is 0 Å². The number of hydrogen-bond donors (Lipinski definition) is 3. The van der Waals surface area contributed by atoms with Crippen molar-refractivity contribution in [3.63, 3.8) is 0 Å². The minimum Gasteiger partial charge on any atom is -0.495 e. The number of carboxylic acids is 1. The van der Waals surface area contributed by atoms with Crippen LogP contribution in [0.3, 0.4) is 0 Å². The van der Waals surface area contributed by atoms with Gasteiger partial charge in [-0.05, 0) is 30.3 Å². The molecule has 0 fully saturated rings. The highest BCUT2D eigenvalue weighted by molar-refractivity contribution is 5.89. The Kier molecular flexibility index (Phi) is 4.18. The molecule has 0 aliphatic rings. The number of aromatic nitrogens is 3.